The molecule has 0 bridgehead atoms. The van der Waals surface area contributed by atoms with Crippen LogP contribution >= 0.6 is 0 Å². The predicted molar refractivity (Wildman–Crippen MR) is 142 cm³/mol. The molecule has 3 aromatic carbocycles. The summed E-state index contributed by atoms with van der Waals surface area (Å²) in [6, 6.07) is 19.1. The van der Waals surface area contributed by atoms with Crippen LogP contribution in [0.4, 0.5) is 16.4 Å². The Hall–Kier alpha value is -4.33. The van der Waals surface area contributed by atoms with Crippen molar-refractivity contribution in [3.63, 3.8) is 0 Å². The van der Waals surface area contributed by atoms with Crippen molar-refractivity contribution >= 4 is 28.5 Å². The molecule has 1 aromatic heterocycles. The van der Waals surface area contributed by atoms with Crippen molar-refractivity contribution in [2.75, 3.05) is 24.4 Å². The molecule has 8 nitrogen and oxygen atoms in total. The van der Waals surface area contributed by atoms with Gasteiger partial charge in [0.2, 0.25) is 5.95 Å². The maximum Gasteiger partial charge on any atom is 0.412 e. The highest BCUT2D eigenvalue weighted by Crippen LogP contribution is 2.37. The number of rotatable bonds is 7. The second-order valence-corrected chi connectivity index (χ2v) is 9.34. The van der Waals surface area contributed by atoms with E-state index in [2.05, 4.69) is 10.3 Å². The third-order valence-electron chi connectivity index (χ3n) is 5.80. The molecule has 1 amide bonds. The molecule has 0 saturated heterocycles. The first-order valence-corrected chi connectivity index (χ1v) is 11.5. The van der Waals surface area contributed by atoms with Gasteiger partial charge < -0.3 is 19.9 Å². The van der Waals surface area contributed by atoms with E-state index < -0.39 is 11.6 Å². The number of methoxy groups -OCH3 is 2. The standard InChI is InChI=1S/C28H30N4O4/c1-28(2,3)32(27(33)34)25-15-20(14-19-8-11-22(36-5)16-23(19)25)24-12-13-29-26(31-24)30-17-18-6-9-21(35-4)10-7-18/h6-16H,17H2,1-5H3,(H,33,34)(H,29,30,31). The first-order chi connectivity index (χ1) is 17.2. The molecule has 36 heavy (non-hydrogen) atoms. The molecule has 0 aliphatic rings. The van der Waals surface area contributed by atoms with E-state index in [9.17, 15) is 9.90 Å². The summed E-state index contributed by atoms with van der Waals surface area (Å²) in [7, 11) is 3.23. The summed E-state index contributed by atoms with van der Waals surface area (Å²) >= 11 is 0. The van der Waals surface area contributed by atoms with E-state index in [4.69, 9.17) is 14.5 Å². The van der Waals surface area contributed by atoms with E-state index in [1.165, 1.54) is 4.90 Å². The summed E-state index contributed by atoms with van der Waals surface area (Å²) in [6.07, 6.45) is 0.656. The van der Waals surface area contributed by atoms with Crippen LogP contribution in [0.1, 0.15) is 26.3 Å². The minimum absolute atomic E-state index is 0.477. The van der Waals surface area contributed by atoms with Gasteiger partial charge >= 0.3 is 6.09 Å². The Morgan fingerprint density at radius 3 is 2.31 bits per heavy atom. The van der Waals surface area contributed by atoms with Crippen LogP contribution < -0.4 is 19.7 Å². The Balaban J connectivity index is 1.74. The highest BCUT2D eigenvalue weighted by atomic mass is 16.5. The number of hydrogen-bond donors (Lipinski definition) is 2. The fraction of sp³-hybridized carbons (Fsp3) is 0.250. The molecule has 186 valence electrons. The summed E-state index contributed by atoms with van der Waals surface area (Å²) in [5.74, 6) is 1.93. The zero-order valence-electron chi connectivity index (χ0n) is 21.1. The Morgan fingerprint density at radius 1 is 0.972 bits per heavy atom. The number of benzene rings is 3. The highest BCUT2D eigenvalue weighted by molar-refractivity contribution is 6.04. The van der Waals surface area contributed by atoms with Gasteiger partial charge in [-0.1, -0.05) is 18.2 Å². The number of amides is 1. The van der Waals surface area contributed by atoms with Crippen LogP contribution in [-0.2, 0) is 6.54 Å². The lowest BCUT2D eigenvalue weighted by molar-refractivity contribution is 0.196. The summed E-state index contributed by atoms with van der Waals surface area (Å²) < 4.78 is 10.6. The smallest absolute Gasteiger partial charge is 0.412 e. The molecule has 0 saturated carbocycles. The molecule has 8 heteroatoms. The first kappa shape index (κ1) is 24.8. The molecular formula is C28H30N4O4. The van der Waals surface area contributed by atoms with Gasteiger partial charge in [-0.3, -0.25) is 4.90 Å². The van der Waals surface area contributed by atoms with Crippen molar-refractivity contribution in [2.45, 2.75) is 32.9 Å². The maximum atomic E-state index is 12.4. The normalized spacial score (nSPS) is 11.2. The summed E-state index contributed by atoms with van der Waals surface area (Å²) in [5.41, 5.74) is 2.42. The van der Waals surface area contributed by atoms with Gasteiger partial charge in [-0.05, 0) is 74.2 Å². The Morgan fingerprint density at radius 2 is 1.67 bits per heavy atom. The minimum atomic E-state index is -1.03. The van der Waals surface area contributed by atoms with Crippen LogP contribution in [0.2, 0.25) is 0 Å². The predicted octanol–water partition coefficient (Wildman–Crippen LogP) is 6.21. The van der Waals surface area contributed by atoms with Crippen molar-refractivity contribution in [3.8, 4) is 22.8 Å². The van der Waals surface area contributed by atoms with Gasteiger partial charge in [0, 0.05) is 29.2 Å². The van der Waals surface area contributed by atoms with E-state index in [1.807, 2.05) is 81.4 Å². The topological polar surface area (TPSA) is 96.8 Å². The number of hydrogen-bond acceptors (Lipinski definition) is 6. The Kier molecular flexibility index (Phi) is 6.96. The monoisotopic (exact) mass is 486 g/mol. The molecule has 0 aliphatic heterocycles. The van der Waals surface area contributed by atoms with E-state index in [1.54, 1.807) is 20.4 Å². The maximum absolute atomic E-state index is 12.4. The second-order valence-electron chi connectivity index (χ2n) is 9.34. The fourth-order valence-electron chi connectivity index (χ4n) is 4.06. The molecule has 4 rings (SSSR count). The number of nitrogens with one attached hydrogen (secondary N) is 1. The number of nitrogens with zero attached hydrogens (tertiary/aromatic N) is 3. The molecule has 4 aromatic rings. The molecule has 0 spiro atoms. The average Bonchev–Trinajstić information content (AvgIpc) is 2.86. The van der Waals surface area contributed by atoms with Crippen molar-refractivity contribution in [1.82, 2.24) is 9.97 Å². The lowest BCUT2D eigenvalue weighted by Crippen LogP contribution is -2.45. The first-order valence-electron chi connectivity index (χ1n) is 11.5. The fourth-order valence-corrected chi connectivity index (χ4v) is 4.06. The number of aromatic nitrogens is 2. The zero-order chi connectivity index (χ0) is 25.9. The van der Waals surface area contributed by atoms with Crippen molar-refractivity contribution in [3.05, 3.63) is 72.4 Å². The van der Waals surface area contributed by atoms with Crippen molar-refractivity contribution < 1.29 is 19.4 Å². The SMILES string of the molecule is COc1ccc(CNc2nccc(-c3cc(N(C(=O)O)C(C)(C)C)c4cc(OC)ccc4c3)n2)cc1. The molecule has 0 atom stereocenters. The number of ether oxygens (including phenoxy) is 2. The van der Waals surface area contributed by atoms with Gasteiger partial charge in [0.05, 0.1) is 25.6 Å². The Labute approximate surface area is 210 Å². The average molecular weight is 487 g/mol. The lowest BCUT2D eigenvalue weighted by atomic mass is 9.98. The molecule has 0 fully saturated rings. The molecule has 2 N–H and O–H groups in total. The zero-order valence-corrected chi connectivity index (χ0v) is 21.1. The largest absolute Gasteiger partial charge is 0.497 e. The van der Waals surface area contributed by atoms with Crippen molar-refractivity contribution in [2.24, 2.45) is 0 Å². The number of carboxylic acid groups (broad SMARTS) is 1. The number of anilines is 2. The molecule has 0 aliphatic carbocycles. The van der Waals surface area contributed by atoms with Gasteiger partial charge in [0.25, 0.3) is 0 Å². The molecule has 0 unspecified atom stereocenters. The van der Waals surface area contributed by atoms with E-state index in [0.717, 1.165) is 27.6 Å². The van der Waals surface area contributed by atoms with E-state index >= 15 is 0 Å². The highest BCUT2D eigenvalue weighted by Gasteiger charge is 2.30. The number of fused-ring (bicyclic) bond motifs is 1. The number of carbonyl (C=O) groups is 1. The third kappa shape index (κ3) is 5.33. The van der Waals surface area contributed by atoms with Crippen LogP contribution in [0.3, 0.4) is 0 Å². The van der Waals surface area contributed by atoms with Gasteiger partial charge in [0.15, 0.2) is 0 Å². The summed E-state index contributed by atoms with van der Waals surface area (Å²) in [6.45, 7) is 6.15. The van der Waals surface area contributed by atoms with Crippen molar-refractivity contribution in [1.29, 1.82) is 0 Å². The van der Waals surface area contributed by atoms with Crippen LogP contribution in [0.25, 0.3) is 22.0 Å². The third-order valence-corrected chi connectivity index (χ3v) is 5.80. The lowest BCUT2D eigenvalue weighted by Gasteiger charge is -2.34. The molecule has 1 heterocycles. The van der Waals surface area contributed by atoms with Crippen LogP contribution in [0.5, 0.6) is 11.5 Å². The van der Waals surface area contributed by atoms with Gasteiger partial charge in [-0.2, -0.15) is 0 Å². The Bertz CT molecular complexity index is 1380. The summed E-state index contributed by atoms with van der Waals surface area (Å²) in [5, 5.41) is 15.0. The van der Waals surface area contributed by atoms with Crippen LogP contribution in [0, 0.1) is 0 Å². The summed E-state index contributed by atoms with van der Waals surface area (Å²) in [4.78, 5) is 22.8. The molecular weight excluding hydrogens is 456 g/mol. The second kappa shape index (κ2) is 10.1. The van der Waals surface area contributed by atoms with Crippen LogP contribution in [-0.4, -0.2) is 40.9 Å². The molecule has 0 radical (unpaired) electrons. The van der Waals surface area contributed by atoms with E-state index in [-0.39, 0.29) is 0 Å². The van der Waals surface area contributed by atoms with Crippen LogP contribution in [0.15, 0.2) is 66.9 Å². The minimum Gasteiger partial charge on any atom is -0.497 e. The van der Waals surface area contributed by atoms with Gasteiger partial charge in [-0.25, -0.2) is 14.8 Å². The van der Waals surface area contributed by atoms with Gasteiger partial charge in [-0.15, -0.1) is 0 Å². The van der Waals surface area contributed by atoms with Gasteiger partial charge in [0.1, 0.15) is 11.5 Å². The quantitative estimate of drug-likeness (QED) is 0.321. The van der Waals surface area contributed by atoms with E-state index in [0.29, 0.717) is 29.6 Å².